The van der Waals surface area contributed by atoms with E-state index in [0.717, 1.165) is 10.7 Å². The molecule has 1 aromatic carbocycles. The van der Waals surface area contributed by atoms with E-state index < -0.39 is 23.1 Å². The number of hydrogen-bond donors (Lipinski definition) is 3. The van der Waals surface area contributed by atoms with Gasteiger partial charge in [-0.3, -0.25) is 4.79 Å². The number of alkyl halides is 3. The van der Waals surface area contributed by atoms with Crippen LogP contribution in [0.25, 0.3) is 6.08 Å². The molecule has 1 aliphatic rings. The maximum absolute atomic E-state index is 14.3. The van der Waals surface area contributed by atoms with Crippen molar-refractivity contribution in [2.24, 2.45) is 12.8 Å². The second-order valence-corrected chi connectivity index (χ2v) is 6.90. The Morgan fingerprint density at radius 2 is 2.00 bits per heavy atom. The first-order valence-corrected chi connectivity index (χ1v) is 9.34. The number of morpholine rings is 1. The normalized spacial score (nSPS) is 15.3. The van der Waals surface area contributed by atoms with Gasteiger partial charge >= 0.3 is 6.18 Å². The van der Waals surface area contributed by atoms with Crippen molar-refractivity contribution in [3.8, 4) is 0 Å². The molecule has 0 atom stereocenters. The third kappa shape index (κ3) is 4.90. The van der Waals surface area contributed by atoms with Crippen LogP contribution in [0.3, 0.4) is 0 Å². The van der Waals surface area contributed by atoms with Crippen molar-refractivity contribution in [2.45, 2.75) is 12.7 Å². The zero-order chi connectivity index (χ0) is 22.8. The Balaban J connectivity index is 1.94. The predicted octanol–water partition coefficient (Wildman–Crippen LogP) is 1.72. The summed E-state index contributed by atoms with van der Waals surface area (Å²) in [5, 5.41) is 6.84. The molecular weight excluding hydrogens is 420 g/mol. The van der Waals surface area contributed by atoms with E-state index in [1.165, 1.54) is 19.2 Å². The topological polar surface area (TPSA) is 111 Å². The molecule has 31 heavy (non-hydrogen) atoms. The molecule has 1 fully saturated rings. The molecule has 0 amide bonds. The number of hydrogen-bond acceptors (Lipinski definition) is 7. The van der Waals surface area contributed by atoms with Crippen LogP contribution in [0.4, 0.5) is 29.1 Å². The molecule has 0 aliphatic carbocycles. The molecule has 3 rings (SSSR count). The number of anilines is 2. The highest BCUT2D eigenvalue weighted by Crippen LogP contribution is 2.32. The van der Waals surface area contributed by atoms with Crippen molar-refractivity contribution in [3.63, 3.8) is 0 Å². The second kappa shape index (κ2) is 8.84. The Bertz CT molecular complexity index is 1040. The second-order valence-electron chi connectivity index (χ2n) is 6.90. The van der Waals surface area contributed by atoms with E-state index in [2.05, 4.69) is 10.4 Å². The molecule has 168 valence electrons. The molecule has 0 unspecified atom stereocenters. The number of nitrogens with zero attached hydrogens (tertiary/aromatic N) is 3. The fourth-order valence-electron chi connectivity index (χ4n) is 3.12. The van der Waals surface area contributed by atoms with E-state index in [4.69, 9.17) is 16.2 Å². The lowest BCUT2D eigenvalue weighted by atomic mass is 10.1. The fourth-order valence-corrected chi connectivity index (χ4v) is 3.12. The molecular formula is C19H22F4N6O2. The van der Waals surface area contributed by atoms with Gasteiger partial charge in [0.2, 0.25) is 0 Å². The van der Waals surface area contributed by atoms with Crippen molar-refractivity contribution in [1.82, 2.24) is 14.7 Å². The third-order valence-electron chi connectivity index (χ3n) is 4.82. The Kier molecular flexibility index (Phi) is 6.39. The molecule has 2 heterocycles. The Morgan fingerprint density at radius 1 is 1.32 bits per heavy atom. The van der Waals surface area contributed by atoms with E-state index in [1.807, 2.05) is 4.90 Å². The van der Waals surface area contributed by atoms with Gasteiger partial charge in [0.15, 0.2) is 5.82 Å². The molecule has 1 aromatic heterocycles. The van der Waals surface area contributed by atoms with Crippen molar-refractivity contribution in [3.05, 3.63) is 56.9 Å². The van der Waals surface area contributed by atoms with Crippen molar-refractivity contribution < 1.29 is 22.3 Å². The molecule has 0 saturated carbocycles. The first kappa shape index (κ1) is 22.4. The highest BCUT2D eigenvalue weighted by Gasteiger charge is 2.34. The van der Waals surface area contributed by atoms with E-state index in [9.17, 15) is 22.4 Å². The molecule has 5 N–H and O–H groups in total. The first-order valence-electron chi connectivity index (χ1n) is 9.34. The van der Waals surface area contributed by atoms with Gasteiger partial charge in [0.1, 0.15) is 11.5 Å². The summed E-state index contributed by atoms with van der Waals surface area (Å²) < 4.78 is 59.5. The lowest BCUT2D eigenvalue weighted by molar-refractivity contribution is -0.140. The summed E-state index contributed by atoms with van der Waals surface area (Å²) in [7, 11) is 1.37. The quantitative estimate of drug-likeness (QED) is 0.605. The number of benzene rings is 1. The van der Waals surface area contributed by atoms with E-state index in [0.29, 0.717) is 38.2 Å². The number of nitrogen functional groups attached to an aromatic ring is 1. The largest absolute Gasteiger partial charge is 0.419 e. The van der Waals surface area contributed by atoms with Gasteiger partial charge in [0.25, 0.3) is 5.56 Å². The third-order valence-corrected chi connectivity index (χ3v) is 4.82. The van der Waals surface area contributed by atoms with Crippen LogP contribution in [-0.4, -0.2) is 41.0 Å². The van der Waals surface area contributed by atoms with Crippen LogP contribution in [0.15, 0.2) is 28.8 Å². The van der Waals surface area contributed by atoms with Crippen LogP contribution in [0, 0.1) is 5.82 Å². The smallest absolute Gasteiger partial charge is 0.394 e. The van der Waals surface area contributed by atoms with Gasteiger partial charge in [-0.05, 0) is 12.1 Å². The van der Waals surface area contributed by atoms with Gasteiger partial charge in [0.05, 0.1) is 30.2 Å². The summed E-state index contributed by atoms with van der Waals surface area (Å²) in [6, 6.07) is 3.00. The molecule has 2 aromatic rings. The minimum absolute atomic E-state index is 0.0765. The van der Waals surface area contributed by atoms with Crippen LogP contribution < -0.4 is 22.3 Å². The van der Waals surface area contributed by atoms with Crippen LogP contribution in [-0.2, 0) is 24.5 Å². The van der Waals surface area contributed by atoms with Gasteiger partial charge in [-0.2, -0.15) is 18.3 Å². The maximum atomic E-state index is 14.3. The zero-order valence-corrected chi connectivity index (χ0v) is 16.7. The Labute approximate surface area is 175 Å². The van der Waals surface area contributed by atoms with E-state index >= 15 is 0 Å². The lowest BCUT2D eigenvalue weighted by Crippen LogP contribution is -2.38. The number of aryl methyl sites for hydroxylation is 1. The summed E-state index contributed by atoms with van der Waals surface area (Å²) in [6.45, 7) is 1.73. The highest BCUT2D eigenvalue weighted by molar-refractivity contribution is 5.74. The number of rotatable bonds is 5. The number of aromatic nitrogens is 2. The molecule has 0 spiro atoms. The van der Waals surface area contributed by atoms with Crippen LogP contribution in [0.2, 0.25) is 0 Å². The standard InChI is InChI=1S/C19H22F4N6O2/c1-28-18(30)16(25)12(9-14(24)29-5-7-31-8-6-29)17(27-28)26-10-11-3-2-4-13(15(11)20)19(21,22)23/h2-4,9H,5-8,10,24-25H2,1H3,(H,26,27)/b14-9+. The van der Waals surface area contributed by atoms with Crippen LogP contribution >= 0.6 is 0 Å². The maximum Gasteiger partial charge on any atom is 0.419 e. The predicted molar refractivity (Wildman–Crippen MR) is 107 cm³/mol. The monoisotopic (exact) mass is 442 g/mol. The molecule has 8 nitrogen and oxygen atoms in total. The Morgan fingerprint density at radius 3 is 2.65 bits per heavy atom. The van der Waals surface area contributed by atoms with Crippen molar-refractivity contribution >= 4 is 17.6 Å². The number of halogens is 4. The fraction of sp³-hybridized carbons (Fsp3) is 0.368. The van der Waals surface area contributed by atoms with Gasteiger partial charge < -0.3 is 26.4 Å². The van der Waals surface area contributed by atoms with Gasteiger partial charge in [0, 0.05) is 32.2 Å². The first-order chi connectivity index (χ1) is 14.6. The van der Waals surface area contributed by atoms with Crippen molar-refractivity contribution in [1.29, 1.82) is 0 Å². The van der Waals surface area contributed by atoms with Gasteiger partial charge in [-0.1, -0.05) is 12.1 Å². The Hall–Kier alpha value is -3.28. The average molecular weight is 442 g/mol. The summed E-state index contributed by atoms with van der Waals surface area (Å²) in [6.07, 6.45) is -3.36. The highest BCUT2D eigenvalue weighted by atomic mass is 19.4. The number of ether oxygens (including phenoxy) is 1. The average Bonchev–Trinajstić information content (AvgIpc) is 2.73. The molecule has 0 radical (unpaired) electrons. The van der Waals surface area contributed by atoms with E-state index in [1.54, 1.807) is 0 Å². The summed E-state index contributed by atoms with van der Waals surface area (Å²) >= 11 is 0. The number of nitrogens with one attached hydrogen (secondary N) is 1. The summed E-state index contributed by atoms with van der Waals surface area (Å²) in [5.41, 5.74) is 9.95. The molecule has 1 aliphatic heterocycles. The number of nitrogens with two attached hydrogens (primary N) is 2. The van der Waals surface area contributed by atoms with Crippen LogP contribution in [0.1, 0.15) is 16.7 Å². The molecule has 12 heteroatoms. The van der Waals surface area contributed by atoms with Crippen LogP contribution in [0.5, 0.6) is 0 Å². The SMILES string of the molecule is Cn1nc(NCc2cccc(C(F)(F)F)c2F)c(/C=C(\N)N2CCOCC2)c(N)c1=O. The minimum Gasteiger partial charge on any atom is -0.394 e. The minimum atomic E-state index is -4.82. The molecule has 1 saturated heterocycles. The summed E-state index contributed by atoms with van der Waals surface area (Å²) in [4.78, 5) is 14.1. The van der Waals surface area contributed by atoms with E-state index in [-0.39, 0.29) is 29.2 Å². The zero-order valence-electron chi connectivity index (χ0n) is 16.7. The lowest BCUT2D eigenvalue weighted by Gasteiger charge is -2.29. The molecule has 0 bridgehead atoms. The van der Waals surface area contributed by atoms with Gasteiger partial charge in [-0.25, -0.2) is 9.07 Å². The summed E-state index contributed by atoms with van der Waals surface area (Å²) in [5.74, 6) is -0.990. The van der Waals surface area contributed by atoms with Gasteiger partial charge in [-0.15, -0.1) is 0 Å². The van der Waals surface area contributed by atoms with Crippen molar-refractivity contribution in [2.75, 3.05) is 37.4 Å².